The SMILES string of the molecule is CCC1CCC(C)(CCCNC)C1. The number of rotatable bonds is 5. The highest BCUT2D eigenvalue weighted by atomic mass is 14.8. The van der Waals surface area contributed by atoms with E-state index in [1.165, 1.54) is 45.1 Å². The second kappa shape index (κ2) is 4.99. The Labute approximate surface area is 83.3 Å². The van der Waals surface area contributed by atoms with Crippen molar-refractivity contribution < 1.29 is 0 Å². The first kappa shape index (κ1) is 11.0. The maximum absolute atomic E-state index is 3.23. The topological polar surface area (TPSA) is 12.0 Å². The van der Waals surface area contributed by atoms with Crippen LogP contribution in [0.4, 0.5) is 0 Å². The molecular formula is C12H25N. The molecule has 1 saturated carbocycles. The van der Waals surface area contributed by atoms with Gasteiger partial charge >= 0.3 is 0 Å². The van der Waals surface area contributed by atoms with Crippen LogP contribution in [0.1, 0.15) is 52.4 Å². The van der Waals surface area contributed by atoms with E-state index in [2.05, 4.69) is 19.2 Å². The molecule has 1 aliphatic carbocycles. The molecule has 0 aromatic heterocycles. The lowest BCUT2D eigenvalue weighted by atomic mass is 9.83. The number of hydrogen-bond acceptors (Lipinski definition) is 1. The molecule has 0 aromatic carbocycles. The predicted octanol–water partition coefficient (Wildman–Crippen LogP) is 3.20. The minimum absolute atomic E-state index is 0.678. The third-order valence-corrected chi connectivity index (χ3v) is 3.72. The van der Waals surface area contributed by atoms with E-state index in [-0.39, 0.29) is 0 Å². The van der Waals surface area contributed by atoms with Crippen molar-refractivity contribution in [1.82, 2.24) is 5.32 Å². The normalized spacial score (nSPS) is 33.9. The molecule has 0 amide bonds. The molecule has 1 rings (SSSR count). The molecule has 1 N–H and O–H groups in total. The van der Waals surface area contributed by atoms with Gasteiger partial charge in [-0.2, -0.15) is 0 Å². The van der Waals surface area contributed by atoms with E-state index in [1.807, 2.05) is 7.05 Å². The smallest absolute Gasteiger partial charge is 0.00517 e. The Morgan fingerprint density at radius 2 is 2.23 bits per heavy atom. The molecule has 0 aromatic rings. The molecule has 0 aliphatic heterocycles. The fourth-order valence-corrected chi connectivity index (χ4v) is 2.72. The van der Waals surface area contributed by atoms with Gasteiger partial charge in [-0.1, -0.05) is 20.3 Å². The van der Waals surface area contributed by atoms with Crippen LogP contribution in [0.2, 0.25) is 0 Å². The molecule has 0 radical (unpaired) electrons. The third kappa shape index (κ3) is 3.30. The summed E-state index contributed by atoms with van der Waals surface area (Å²) in [5.74, 6) is 1.03. The van der Waals surface area contributed by atoms with Gasteiger partial charge in [-0.15, -0.1) is 0 Å². The Balaban J connectivity index is 2.23. The summed E-state index contributed by atoms with van der Waals surface area (Å²) in [5, 5.41) is 3.23. The molecule has 0 bridgehead atoms. The van der Waals surface area contributed by atoms with Gasteiger partial charge in [-0.3, -0.25) is 0 Å². The molecule has 13 heavy (non-hydrogen) atoms. The van der Waals surface area contributed by atoms with Crippen LogP contribution in [-0.4, -0.2) is 13.6 Å². The molecular weight excluding hydrogens is 158 g/mol. The lowest BCUT2D eigenvalue weighted by Gasteiger charge is -2.24. The molecule has 1 fully saturated rings. The fraction of sp³-hybridized carbons (Fsp3) is 1.00. The summed E-state index contributed by atoms with van der Waals surface area (Å²) in [7, 11) is 2.05. The molecule has 0 saturated heterocycles. The van der Waals surface area contributed by atoms with Crippen LogP contribution in [0, 0.1) is 11.3 Å². The largest absolute Gasteiger partial charge is 0.320 e. The van der Waals surface area contributed by atoms with Crippen LogP contribution in [0.15, 0.2) is 0 Å². The quantitative estimate of drug-likeness (QED) is 0.645. The van der Waals surface area contributed by atoms with Crippen LogP contribution in [-0.2, 0) is 0 Å². The van der Waals surface area contributed by atoms with Gasteiger partial charge in [0, 0.05) is 0 Å². The first-order valence-corrected chi connectivity index (χ1v) is 5.85. The van der Waals surface area contributed by atoms with Gasteiger partial charge in [0.1, 0.15) is 0 Å². The maximum atomic E-state index is 3.23. The summed E-state index contributed by atoms with van der Waals surface area (Å²) in [6, 6.07) is 0. The highest BCUT2D eigenvalue weighted by molar-refractivity contribution is 4.85. The molecule has 78 valence electrons. The Hall–Kier alpha value is -0.0400. The average Bonchev–Trinajstić information content (AvgIpc) is 2.49. The van der Waals surface area contributed by atoms with E-state index in [4.69, 9.17) is 0 Å². The van der Waals surface area contributed by atoms with Crippen LogP contribution >= 0.6 is 0 Å². The lowest BCUT2D eigenvalue weighted by molar-refractivity contribution is 0.284. The van der Waals surface area contributed by atoms with Gasteiger partial charge in [0.25, 0.3) is 0 Å². The second-order valence-corrected chi connectivity index (χ2v) is 5.03. The van der Waals surface area contributed by atoms with Crippen molar-refractivity contribution in [2.24, 2.45) is 11.3 Å². The van der Waals surface area contributed by atoms with E-state index in [9.17, 15) is 0 Å². The average molecular weight is 183 g/mol. The minimum Gasteiger partial charge on any atom is -0.320 e. The Bertz CT molecular complexity index is 144. The zero-order chi connectivity index (χ0) is 9.73. The zero-order valence-corrected chi connectivity index (χ0v) is 9.53. The molecule has 1 nitrogen and oxygen atoms in total. The lowest BCUT2D eigenvalue weighted by Crippen LogP contribution is -2.16. The standard InChI is InChI=1S/C12H25N/c1-4-11-6-8-12(2,10-11)7-5-9-13-3/h11,13H,4-10H2,1-3H3. The van der Waals surface area contributed by atoms with Crippen molar-refractivity contribution in [1.29, 1.82) is 0 Å². The van der Waals surface area contributed by atoms with Crippen molar-refractivity contribution in [2.75, 3.05) is 13.6 Å². The summed E-state index contributed by atoms with van der Waals surface area (Å²) in [6.45, 7) is 6.01. The predicted molar refractivity (Wildman–Crippen MR) is 58.9 cm³/mol. The summed E-state index contributed by atoms with van der Waals surface area (Å²) < 4.78 is 0. The highest BCUT2D eigenvalue weighted by Gasteiger charge is 2.33. The van der Waals surface area contributed by atoms with Crippen molar-refractivity contribution in [3.05, 3.63) is 0 Å². The van der Waals surface area contributed by atoms with Gasteiger partial charge in [0.05, 0.1) is 0 Å². The first-order valence-electron chi connectivity index (χ1n) is 5.85. The van der Waals surface area contributed by atoms with Crippen molar-refractivity contribution >= 4 is 0 Å². The van der Waals surface area contributed by atoms with Gasteiger partial charge in [-0.05, 0) is 57.0 Å². The van der Waals surface area contributed by atoms with Crippen LogP contribution < -0.4 is 5.32 Å². The molecule has 0 spiro atoms. The van der Waals surface area contributed by atoms with E-state index in [0.717, 1.165) is 5.92 Å². The van der Waals surface area contributed by atoms with Crippen molar-refractivity contribution in [2.45, 2.75) is 52.4 Å². The molecule has 1 aliphatic rings. The van der Waals surface area contributed by atoms with E-state index < -0.39 is 0 Å². The second-order valence-electron chi connectivity index (χ2n) is 5.03. The van der Waals surface area contributed by atoms with Crippen molar-refractivity contribution in [3.63, 3.8) is 0 Å². The minimum atomic E-state index is 0.678. The molecule has 2 unspecified atom stereocenters. The first-order chi connectivity index (χ1) is 6.20. The summed E-state index contributed by atoms with van der Waals surface area (Å²) >= 11 is 0. The highest BCUT2D eigenvalue weighted by Crippen LogP contribution is 2.45. The Morgan fingerprint density at radius 1 is 1.46 bits per heavy atom. The van der Waals surface area contributed by atoms with Crippen LogP contribution in [0.3, 0.4) is 0 Å². The Kier molecular flexibility index (Phi) is 4.24. The van der Waals surface area contributed by atoms with E-state index >= 15 is 0 Å². The monoisotopic (exact) mass is 183 g/mol. The van der Waals surface area contributed by atoms with E-state index in [0.29, 0.717) is 5.41 Å². The summed E-state index contributed by atoms with van der Waals surface area (Å²) in [5.41, 5.74) is 0.678. The van der Waals surface area contributed by atoms with Gasteiger partial charge in [0.2, 0.25) is 0 Å². The molecule has 0 heterocycles. The summed E-state index contributed by atoms with van der Waals surface area (Å²) in [6.07, 6.45) is 8.59. The Morgan fingerprint density at radius 3 is 2.77 bits per heavy atom. The zero-order valence-electron chi connectivity index (χ0n) is 9.53. The molecule has 2 atom stereocenters. The van der Waals surface area contributed by atoms with Crippen molar-refractivity contribution in [3.8, 4) is 0 Å². The fourth-order valence-electron chi connectivity index (χ4n) is 2.72. The number of nitrogens with one attached hydrogen (secondary N) is 1. The van der Waals surface area contributed by atoms with Gasteiger partial charge in [-0.25, -0.2) is 0 Å². The van der Waals surface area contributed by atoms with E-state index in [1.54, 1.807) is 0 Å². The third-order valence-electron chi connectivity index (χ3n) is 3.72. The van der Waals surface area contributed by atoms with Crippen LogP contribution in [0.5, 0.6) is 0 Å². The maximum Gasteiger partial charge on any atom is -0.00517 e. The van der Waals surface area contributed by atoms with Gasteiger partial charge in [0.15, 0.2) is 0 Å². The van der Waals surface area contributed by atoms with Gasteiger partial charge < -0.3 is 5.32 Å². The summed E-state index contributed by atoms with van der Waals surface area (Å²) in [4.78, 5) is 0. The number of hydrogen-bond donors (Lipinski definition) is 1. The molecule has 1 heteroatoms. The van der Waals surface area contributed by atoms with Crippen LogP contribution in [0.25, 0.3) is 0 Å².